The van der Waals surface area contributed by atoms with Crippen LogP contribution in [0.25, 0.3) is 16.0 Å². The van der Waals surface area contributed by atoms with E-state index in [4.69, 9.17) is 9.72 Å². The number of benzene rings is 3. The highest BCUT2D eigenvalue weighted by atomic mass is 32.1. The van der Waals surface area contributed by atoms with Gasteiger partial charge in [0.1, 0.15) is 11.5 Å². The van der Waals surface area contributed by atoms with Gasteiger partial charge in [-0.15, -0.1) is 0 Å². The summed E-state index contributed by atoms with van der Waals surface area (Å²) in [5.74, 6) is -0.991. The minimum absolute atomic E-state index is 0.0422. The minimum atomic E-state index is -0.802. The summed E-state index contributed by atoms with van der Waals surface area (Å²) < 4.78 is 6.58. The lowest BCUT2D eigenvalue weighted by Gasteiger charge is -2.22. The van der Waals surface area contributed by atoms with Crippen molar-refractivity contribution in [1.82, 2.24) is 4.98 Å². The molecule has 0 spiro atoms. The van der Waals surface area contributed by atoms with Crippen molar-refractivity contribution in [2.45, 2.75) is 33.2 Å². The molecule has 1 saturated heterocycles. The Morgan fingerprint density at radius 2 is 1.78 bits per heavy atom. The first-order chi connectivity index (χ1) is 17.4. The van der Waals surface area contributed by atoms with E-state index in [2.05, 4.69) is 0 Å². The minimum Gasteiger partial charge on any atom is -0.507 e. The molecule has 2 heterocycles. The number of hydrogen-bond donors (Lipinski definition) is 1. The van der Waals surface area contributed by atoms with Crippen LogP contribution in [0.1, 0.15) is 41.6 Å². The molecule has 1 fully saturated rings. The maximum absolute atomic E-state index is 13.4. The number of thiazole rings is 1. The molecule has 1 amide bonds. The Labute approximate surface area is 213 Å². The van der Waals surface area contributed by atoms with Gasteiger partial charge in [0.15, 0.2) is 5.13 Å². The second-order valence-electron chi connectivity index (χ2n) is 8.88. The molecular weight excluding hydrogens is 472 g/mol. The molecule has 5 rings (SSSR count). The molecule has 3 aromatic carbocycles. The second kappa shape index (κ2) is 9.59. The highest BCUT2D eigenvalue weighted by molar-refractivity contribution is 7.22. The molecule has 1 aliphatic heterocycles. The van der Waals surface area contributed by atoms with Crippen LogP contribution in [0, 0.1) is 13.8 Å². The molecule has 6 nitrogen and oxygen atoms in total. The summed E-state index contributed by atoms with van der Waals surface area (Å²) in [6.07, 6.45) is 0.882. The van der Waals surface area contributed by atoms with E-state index in [9.17, 15) is 14.7 Å². The van der Waals surface area contributed by atoms with Crippen molar-refractivity contribution in [3.63, 3.8) is 0 Å². The molecule has 0 radical (unpaired) electrons. The maximum atomic E-state index is 13.4. The largest absolute Gasteiger partial charge is 0.507 e. The summed E-state index contributed by atoms with van der Waals surface area (Å²) in [6.45, 7) is 6.61. The maximum Gasteiger partial charge on any atom is 0.301 e. The van der Waals surface area contributed by atoms with E-state index in [1.165, 1.54) is 16.2 Å². The molecule has 1 aliphatic rings. The average molecular weight is 499 g/mol. The number of anilines is 1. The lowest BCUT2D eigenvalue weighted by atomic mass is 9.95. The monoisotopic (exact) mass is 498 g/mol. The molecule has 1 unspecified atom stereocenters. The van der Waals surface area contributed by atoms with Gasteiger partial charge in [-0.2, -0.15) is 0 Å². The highest BCUT2D eigenvalue weighted by Crippen LogP contribution is 2.44. The number of carbonyl (C=O) groups excluding carboxylic acids is 2. The summed E-state index contributed by atoms with van der Waals surface area (Å²) in [4.78, 5) is 33.0. The molecule has 1 N–H and O–H groups in total. The molecule has 0 bridgehead atoms. The molecule has 182 valence electrons. The van der Waals surface area contributed by atoms with E-state index in [0.717, 1.165) is 27.8 Å². The van der Waals surface area contributed by atoms with Gasteiger partial charge in [-0.3, -0.25) is 14.5 Å². The van der Waals surface area contributed by atoms with Crippen molar-refractivity contribution in [3.05, 3.63) is 94.6 Å². The van der Waals surface area contributed by atoms with E-state index in [0.29, 0.717) is 28.6 Å². The Morgan fingerprint density at radius 3 is 2.47 bits per heavy atom. The summed E-state index contributed by atoms with van der Waals surface area (Å²) in [6, 6.07) is 19.4. The van der Waals surface area contributed by atoms with Crippen molar-refractivity contribution in [2.24, 2.45) is 0 Å². The van der Waals surface area contributed by atoms with Gasteiger partial charge in [-0.25, -0.2) is 4.98 Å². The number of aliphatic hydroxyl groups excluding tert-OH is 1. The number of Topliss-reactive ketones (excluding diaryl/α,β-unsaturated/α-hetero) is 1. The van der Waals surface area contributed by atoms with Crippen molar-refractivity contribution >= 4 is 44.1 Å². The van der Waals surface area contributed by atoms with Gasteiger partial charge >= 0.3 is 5.91 Å². The smallest absolute Gasteiger partial charge is 0.301 e. The fourth-order valence-electron chi connectivity index (χ4n) is 4.53. The van der Waals surface area contributed by atoms with E-state index in [1.54, 1.807) is 24.3 Å². The summed E-state index contributed by atoms with van der Waals surface area (Å²) in [5.41, 5.74) is 4.10. The van der Waals surface area contributed by atoms with Crippen LogP contribution in [0.3, 0.4) is 0 Å². The Balaban J connectivity index is 1.65. The molecule has 4 aromatic rings. The number of aromatic nitrogens is 1. The Kier molecular flexibility index (Phi) is 6.33. The number of rotatable bonds is 6. The summed E-state index contributed by atoms with van der Waals surface area (Å²) >= 11 is 1.37. The number of ether oxygens (including phenoxy) is 1. The van der Waals surface area contributed by atoms with Gasteiger partial charge in [0.25, 0.3) is 5.78 Å². The van der Waals surface area contributed by atoms with Crippen molar-refractivity contribution in [2.75, 3.05) is 11.5 Å². The fraction of sp³-hybridized carbons (Fsp3) is 0.207. The lowest BCUT2D eigenvalue weighted by Crippen LogP contribution is -2.29. The zero-order valence-corrected chi connectivity index (χ0v) is 21.1. The molecule has 36 heavy (non-hydrogen) atoms. The van der Waals surface area contributed by atoms with Gasteiger partial charge < -0.3 is 9.84 Å². The predicted octanol–water partition coefficient (Wildman–Crippen LogP) is 6.33. The van der Waals surface area contributed by atoms with E-state index in [-0.39, 0.29) is 11.3 Å². The van der Waals surface area contributed by atoms with Crippen LogP contribution in [0.2, 0.25) is 0 Å². The Hall–Kier alpha value is -3.97. The van der Waals surface area contributed by atoms with Crippen LogP contribution >= 0.6 is 11.3 Å². The molecule has 0 aliphatic carbocycles. The molecular formula is C29H26N2O4S. The quantitative estimate of drug-likeness (QED) is 0.191. The molecule has 1 atom stereocenters. The fourth-order valence-corrected chi connectivity index (χ4v) is 5.70. The Bertz CT molecular complexity index is 1490. The van der Waals surface area contributed by atoms with Crippen LogP contribution in [0.15, 0.2) is 72.3 Å². The van der Waals surface area contributed by atoms with Gasteiger partial charge in [-0.05, 0) is 67.3 Å². The number of amides is 1. The zero-order chi connectivity index (χ0) is 25.4. The average Bonchev–Trinajstić information content (AvgIpc) is 3.42. The van der Waals surface area contributed by atoms with Crippen molar-refractivity contribution in [1.29, 1.82) is 0 Å². The number of hydrogen-bond acceptors (Lipinski definition) is 6. The van der Waals surface area contributed by atoms with Crippen LogP contribution in [0.5, 0.6) is 5.75 Å². The van der Waals surface area contributed by atoms with E-state index < -0.39 is 17.7 Å². The second-order valence-corrected chi connectivity index (χ2v) is 9.89. The number of aryl methyl sites for hydroxylation is 2. The highest BCUT2D eigenvalue weighted by Gasteiger charge is 2.48. The number of ketones is 1. The normalized spacial score (nSPS) is 17.2. The number of fused-ring (bicyclic) bond motifs is 1. The molecule has 1 aromatic heterocycles. The third kappa shape index (κ3) is 4.16. The van der Waals surface area contributed by atoms with Gasteiger partial charge in [0.2, 0.25) is 0 Å². The summed E-state index contributed by atoms with van der Waals surface area (Å²) in [7, 11) is 0. The van der Waals surface area contributed by atoms with Crippen LogP contribution < -0.4 is 9.64 Å². The van der Waals surface area contributed by atoms with Gasteiger partial charge in [-0.1, -0.05) is 54.7 Å². The third-order valence-electron chi connectivity index (χ3n) is 6.18. The first kappa shape index (κ1) is 23.8. The first-order valence-electron chi connectivity index (χ1n) is 11.9. The lowest BCUT2D eigenvalue weighted by molar-refractivity contribution is -0.132. The van der Waals surface area contributed by atoms with Crippen molar-refractivity contribution in [3.8, 4) is 5.75 Å². The van der Waals surface area contributed by atoms with E-state index >= 15 is 0 Å². The van der Waals surface area contributed by atoms with Crippen LogP contribution in [-0.4, -0.2) is 28.4 Å². The molecule has 0 saturated carbocycles. The number of carbonyl (C=O) groups is 2. The molecule has 7 heteroatoms. The van der Waals surface area contributed by atoms with Gasteiger partial charge in [0.05, 0.1) is 28.4 Å². The van der Waals surface area contributed by atoms with Crippen LogP contribution in [0.4, 0.5) is 5.13 Å². The summed E-state index contributed by atoms with van der Waals surface area (Å²) in [5, 5.41) is 11.7. The zero-order valence-electron chi connectivity index (χ0n) is 20.3. The predicted molar refractivity (Wildman–Crippen MR) is 143 cm³/mol. The third-order valence-corrected chi connectivity index (χ3v) is 7.19. The first-order valence-corrected chi connectivity index (χ1v) is 12.7. The topological polar surface area (TPSA) is 79.7 Å². The van der Waals surface area contributed by atoms with Crippen LogP contribution in [-0.2, 0) is 9.59 Å². The Morgan fingerprint density at radius 1 is 1.06 bits per heavy atom. The number of nitrogens with zero attached hydrogens (tertiary/aromatic N) is 2. The number of aliphatic hydroxyl groups is 1. The SMILES string of the molecule is CCCOc1ccc(/C(O)=C2\C(=O)C(=O)N(c3nc4c(C)cc(C)cc4s3)C2c2ccccc2)cc1. The van der Waals surface area contributed by atoms with Gasteiger partial charge in [0, 0.05) is 5.56 Å². The van der Waals surface area contributed by atoms with E-state index in [1.807, 2.05) is 63.2 Å². The standard InChI is InChI=1S/C29H26N2O4S/c1-4-14-35-21-12-10-20(11-13-21)26(32)23-25(19-8-6-5-7-9-19)31(28(34)27(23)33)29-30-24-18(3)15-17(2)16-22(24)36-29/h5-13,15-16,25,32H,4,14H2,1-3H3/b26-23+. The van der Waals surface area contributed by atoms with Crippen molar-refractivity contribution < 1.29 is 19.4 Å².